The molecule has 0 bridgehead atoms. The molecule has 4 heterocycles. The highest BCUT2D eigenvalue weighted by Crippen LogP contribution is 2.38. The highest BCUT2D eigenvalue weighted by atomic mass is 16.3. The van der Waals surface area contributed by atoms with Crippen LogP contribution in [0.1, 0.15) is 55.6 Å². The third-order valence-corrected chi connectivity index (χ3v) is 6.09. The van der Waals surface area contributed by atoms with Crippen molar-refractivity contribution in [1.82, 2.24) is 29.3 Å². The molecule has 3 atom stereocenters. The van der Waals surface area contributed by atoms with Crippen LogP contribution in [0, 0.1) is 0 Å². The highest BCUT2D eigenvalue weighted by molar-refractivity contribution is 6.00. The maximum absolute atomic E-state index is 12.6. The molecule has 3 aromatic rings. The normalized spacial score (nSPS) is 21.6. The van der Waals surface area contributed by atoms with E-state index in [1.54, 1.807) is 22.0 Å². The predicted octanol–water partition coefficient (Wildman–Crippen LogP) is 1.39. The lowest BCUT2D eigenvalue weighted by Crippen LogP contribution is -2.50. The smallest absolute Gasteiger partial charge is 0.248 e. The Morgan fingerprint density at radius 3 is 2.42 bits per heavy atom. The van der Waals surface area contributed by atoms with E-state index in [-0.39, 0.29) is 35.5 Å². The van der Waals surface area contributed by atoms with E-state index in [2.05, 4.69) is 10.2 Å². The average molecular weight is 425 g/mol. The lowest BCUT2D eigenvalue weighted by Gasteiger charge is -2.42. The monoisotopic (exact) mass is 425 g/mol. The number of aromatic nitrogens is 5. The van der Waals surface area contributed by atoms with Crippen LogP contribution in [0.4, 0.5) is 5.82 Å². The third-order valence-electron chi connectivity index (χ3n) is 6.09. The number of Topliss-reactive ketones (excluding diaryl/α,β-unsaturated/α-hetero) is 1. The molecule has 1 saturated heterocycles. The average Bonchev–Trinajstić information content (AvgIpc) is 3.32. The van der Waals surface area contributed by atoms with E-state index in [4.69, 9.17) is 10.7 Å². The van der Waals surface area contributed by atoms with Gasteiger partial charge in [0, 0.05) is 42.4 Å². The third kappa shape index (κ3) is 3.46. The molecule has 31 heavy (non-hydrogen) atoms. The van der Waals surface area contributed by atoms with Gasteiger partial charge in [0.05, 0.1) is 23.7 Å². The molecule has 10 nitrogen and oxygen atoms in total. The number of carbonyl (C=O) groups excluding carboxylic acids is 2. The molecule has 0 radical (unpaired) electrons. The van der Waals surface area contributed by atoms with Gasteiger partial charge >= 0.3 is 0 Å². The van der Waals surface area contributed by atoms with Crippen LogP contribution in [-0.4, -0.2) is 64.8 Å². The molecule has 0 aromatic carbocycles. The number of hydrogen-bond donors (Lipinski definition) is 2. The summed E-state index contributed by atoms with van der Waals surface area (Å²) in [7, 11) is 1.83. The number of carbonyl (C=O) groups is 2. The number of anilines is 1. The van der Waals surface area contributed by atoms with E-state index < -0.39 is 6.61 Å². The van der Waals surface area contributed by atoms with Gasteiger partial charge in [-0.05, 0) is 33.6 Å². The van der Waals surface area contributed by atoms with E-state index in [9.17, 15) is 14.7 Å². The summed E-state index contributed by atoms with van der Waals surface area (Å²) in [5, 5.41) is 17.9. The Morgan fingerprint density at radius 2 is 1.87 bits per heavy atom. The van der Waals surface area contributed by atoms with Crippen LogP contribution in [-0.2, 0) is 11.8 Å². The van der Waals surface area contributed by atoms with Gasteiger partial charge in [-0.3, -0.25) is 14.3 Å². The Kier molecular flexibility index (Phi) is 5.26. The molecule has 1 amide bonds. The molecular formula is C21H27N7O3. The van der Waals surface area contributed by atoms with Gasteiger partial charge in [0.1, 0.15) is 12.4 Å². The molecule has 164 valence electrons. The maximum atomic E-state index is 12.6. The van der Waals surface area contributed by atoms with Crippen LogP contribution in [0.25, 0.3) is 16.8 Å². The Bertz CT molecular complexity index is 1150. The zero-order valence-electron chi connectivity index (χ0n) is 18.1. The van der Waals surface area contributed by atoms with Gasteiger partial charge in [-0.15, -0.1) is 0 Å². The summed E-state index contributed by atoms with van der Waals surface area (Å²) in [6.07, 6.45) is 6.52. The van der Waals surface area contributed by atoms with Gasteiger partial charge in [0.2, 0.25) is 5.91 Å². The molecule has 3 N–H and O–H groups in total. The van der Waals surface area contributed by atoms with Crippen LogP contribution in [0.15, 0.2) is 18.6 Å². The summed E-state index contributed by atoms with van der Waals surface area (Å²) in [4.78, 5) is 31.3. The molecule has 10 heteroatoms. The van der Waals surface area contributed by atoms with Crippen molar-refractivity contribution in [2.75, 3.05) is 12.3 Å². The van der Waals surface area contributed by atoms with Crippen LogP contribution < -0.4 is 5.73 Å². The predicted molar refractivity (Wildman–Crippen MR) is 114 cm³/mol. The number of aliphatic hydroxyl groups is 1. The van der Waals surface area contributed by atoms with Gasteiger partial charge in [-0.1, -0.05) is 0 Å². The lowest BCUT2D eigenvalue weighted by molar-refractivity contribution is -0.140. The van der Waals surface area contributed by atoms with Crippen molar-refractivity contribution in [3.63, 3.8) is 0 Å². The van der Waals surface area contributed by atoms with Crippen molar-refractivity contribution >= 4 is 23.2 Å². The van der Waals surface area contributed by atoms with Crippen molar-refractivity contribution in [2.45, 2.75) is 51.6 Å². The minimum Gasteiger partial charge on any atom is -0.387 e. The van der Waals surface area contributed by atoms with Crippen LogP contribution in [0.3, 0.4) is 0 Å². The second-order valence-corrected chi connectivity index (χ2v) is 8.34. The number of nitrogens with zero attached hydrogens (tertiary/aromatic N) is 6. The first-order chi connectivity index (χ1) is 14.7. The van der Waals surface area contributed by atoms with Gasteiger partial charge < -0.3 is 15.7 Å². The van der Waals surface area contributed by atoms with Crippen molar-refractivity contribution in [2.24, 2.45) is 7.05 Å². The number of piperidine rings is 1. The molecular weight excluding hydrogens is 398 g/mol. The summed E-state index contributed by atoms with van der Waals surface area (Å²) < 4.78 is 3.20. The second-order valence-electron chi connectivity index (χ2n) is 8.34. The molecule has 0 aliphatic carbocycles. The number of fused-ring (bicyclic) bond motifs is 1. The minimum absolute atomic E-state index is 0.0596. The first kappa shape index (κ1) is 21.0. The fourth-order valence-corrected chi connectivity index (χ4v) is 4.83. The molecule has 1 aliphatic heterocycles. The van der Waals surface area contributed by atoms with E-state index >= 15 is 0 Å². The number of ketones is 1. The highest BCUT2D eigenvalue weighted by Gasteiger charge is 2.37. The van der Waals surface area contributed by atoms with E-state index in [1.807, 2.05) is 27.1 Å². The van der Waals surface area contributed by atoms with Gasteiger partial charge in [0.15, 0.2) is 11.4 Å². The number of hydrogen-bond acceptors (Lipinski definition) is 7. The zero-order valence-corrected chi connectivity index (χ0v) is 18.1. The number of likely N-dealkylation sites (tertiary alicyclic amines) is 1. The SMILES string of the molecule is CC(=O)c1c([C@@H]2CC(C)N(C(=O)CO)[C@@H](C)C2)nc2c(-c3cnn(C)c3)cnn2c1N. The van der Waals surface area contributed by atoms with Crippen LogP contribution in [0.5, 0.6) is 0 Å². The standard InChI is InChI=1S/C21H27N7O3/c1-11-5-14(6-12(2)27(11)17(31)10-29)19-18(13(3)30)20(22)28-21(25-19)16(8-24-28)15-7-23-26(4)9-15/h7-9,11-12,14,29H,5-6,10,22H2,1-4H3/t11-,12?,14-/m0/s1. The number of nitrogen functional groups attached to an aromatic ring is 1. The summed E-state index contributed by atoms with van der Waals surface area (Å²) in [6, 6.07) is -0.203. The first-order valence-electron chi connectivity index (χ1n) is 10.3. The Morgan fingerprint density at radius 1 is 1.19 bits per heavy atom. The largest absolute Gasteiger partial charge is 0.387 e. The lowest BCUT2D eigenvalue weighted by atomic mass is 9.82. The van der Waals surface area contributed by atoms with E-state index in [1.165, 1.54) is 11.4 Å². The quantitative estimate of drug-likeness (QED) is 0.604. The first-order valence-corrected chi connectivity index (χ1v) is 10.3. The van der Waals surface area contributed by atoms with Crippen molar-refractivity contribution in [3.05, 3.63) is 29.8 Å². The summed E-state index contributed by atoms with van der Waals surface area (Å²) in [5.41, 5.74) is 9.63. The van der Waals surface area contributed by atoms with Crippen molar-refractivity contribution in [1.29, 1.82) is 0 Å². The van der Waals surface area contributed by atoms with Crippen LogP contribution in [0.2, 0.25) is 0 Å². The minimum atomic E-state index is -0.514. The molecule has 3 aromatic heterocycles. The molecule has 1 fully saturated rings. The Balaban J connectivity index is 1.84. The second kappa shape index (κ2) is 7.77. The number of amides is 1. The molecule has 1 unspecified atom stereocenters. The van der Waals surface area contributed by atoms with Crippen LogP contribution >= 0.6 is 0 Å². The zero-order chi connectivity index (χ0) is 22.4. The maximum Gasteiger partial charge on any atom is 0.248 e. The number of aryl methyl sites for hydroxylation is 1. The number of rotatable bonds is 4. The Hall–Kier alpha value is -3.27. The fourth-order valence-electron chi connectivity index (χ4n) is 4.83. The summed E-state index contributed by atoms with van der Waals surface area (Å²) in [5.74, 6) is -0.260. The topological polar surface area (TPSA) is 132 Å². The van der Waals surface area contributed by atoms with Gasteiger partial charge in [0.25, 0.3) is 0 Å². The molecule has 1 aliphatic rings. The number of nitrogens with two attached hydrogens (primary N) is 1. The summed E-state index contributed by atoms with van der Waals surface area (Å²) >= 11 is 0. The van der Waals surface area contributed by atoms with Gasteiger partial charge in [-0.25, -0.2) is 4.98 Å². The summed E-state index contributed by atoms with van der Waals surface area (Å²) in [6.45, 7) is 4.86. The van der Waals surface area contributed by atoms with E-state index in [0.717, 1.165) is 11.1 Å². The number of aliphatic hydroxyl groups excluding tert-OH is 1. The van der Waals surface area contributed by atoms with Crippen molar-refractivity contribution < 1.29 is 14.7 Å². The van der Waals surface area contributed by atoms with E-state index in [0.29, 0.717) is 29.7 Å². The molecule has 4 rings (SSSR count). The molecule has 0 spiro atoms. The Labute approximate surface area is 179 Å². The van der Waals surface area contributed by atoms with Crippen molar-refractivity contribution in [3.8, 4) is 11.1 Å². The fraction of sp³-hybridized carbons (Fsp3) is 0.476. The molecule has 0 saturated carbocycles. The van der Waals surface area contributed by atoms with Gasteiger partial charge in [-0.2, -0.15) is 14.7 Å².